The quantitative estimate of drug-likeness (QED) is 0.765. The largest absolute Gasteiger partial charge is 0.310 e. The molecule has 0 spiro atoms. The average molecular weight is 312 g/mol. The van der Waals surface area contributed by atoms with E-state index in [9.17, 15) is 0 Å². The molecule has 1 aromatic rings. The Morgan fingerprint density at radius 2 is 1.83 bits per heavy atom. The van der Waals surface area contributed by atoms with E-state index < -0.39 is 0 Å². The molecule has 1 N–H and O–H groups in total. The molecule has 1 rings (SSSR count). The normalized spacial score (nSPS) is 13.1. The summed E-state index contributed by atoms with van der Waals surface area (Å²) in [5.41, 5.74) is 4.15. The Morgan fingerprint density at radius 3 is 2.39 bits per heavy atom. The molecule has 1 atom stereocenters. The number of rotatable bonds is 6. The molecule has 0 bridgehead atoms. The molecule has 0 fully saturated rings. The third-order valence-electron chi connectivity index (χ3n) is 3.27. The van der Waals surface area contributed by atoms with E-state index in [0.29, 0.717) is 12.0 Å². The highest BCUT2D eigenvalue weighted by Crippen LogP contribution is 2.28. The van der Waals surface area contributed by atoms with Crippen LogP contribution in [0.2, 0.25) is 0 Å². The van der Waals surface area contributed by atoms with E-state index in [1.54, 1.807) is 0 Å². The molecule has 0 aliphatic rings. The molecule has 102 valence electrons. The molecular formula is C16H26BrN. The van der Waals surface area contributed by atoms with Gasteiger partial charge in [0.15, 0.2) is 0 Å². The van der Waals surface area contributed by atoms with Crippen LogP contribution >= 0.6 is 15.9 Å². The van der Waals surface area contributed by atoms with Crippen molar-refractivity contribution < 1.29 is 0 Å². The third-order valence-corrected chi connectivity index (χ3v) is 4.12. The fourth-order valence-electron chi connectivity index (χ4n) is 2.29. The van der Waals surface area contributed by atoms with Crippen molar-refractivity contribution in [3.63, 3.8) is 0 Å². The van der Waals surface area contributed by atoms with Crippen LogP contribution in [0.15, 0.2) is 16.6 Å². The van der Waals surface area contributed by atoms with Gasteiger partial charge in [-0.3, -0.25) is 0 Å². The highest BCUT2D eigenvalue weighted by molar-refractivity contribution is 9.10. The first kappa shape index (κ1) is 15.7. The second kappa shape index (κ2) is 7.30. The summed E-state index contributed by atoms with van der Waals surface area (Å²) >= 11 is 3.61. The second-order valence-corrected chi connectivity index (χ2v) is 6.45. The van der Waals surface area contributed by atoms with E-state index in [-0.39, 0.29) is 0 Å². The van der Waals surface area contributed by atoms with Crippen LogP contribution in [0, 0.1) is 19.8 Å². The zero-order valence-corrected chi connectivity index (χ0v) is 13.9. The number of nitrogens with one attached hydrogen (secondary N) is 1. The van der Waals surface area contributed by atoms with Crippen molar-refractivity contribution in [2.75, 3.05) is 6.54 Å². The van der Waals surface area contributed by atoms with Crippen molar-refractivity contribution >= 4 is 15.9 Å². The van der Waals surface area contributed by atoms with Crippen molar-refractivity contribution in [1.29, 1.82) is 0 Å². The first-order valence-electron chi connectivity index (χ1n) is 6.95. The summed E-state index contributed by atoms with van der Waals surface area (Å²) in [7, 11) is 0. The zero-order valence-electron chi connectivity index (χ0n) is 12.3. The van der Waals surface area contributed by atoms with Gasteiger partial charge in [-0.05, 0) is 61.9 Å². The van der Waals surface area contributed by atoms with Crippen molar-refractivity contribution in [1.82, 2.24) is 5.32 Å². The van der Waals surface area contributed by atoms with E-state index in [1.165, 1.54) is 34.0 Å². The molecule has 0 aliphatic heterocycles. The van der Waals surface area contributed by atoms with Crippen molar-refractivity contribution in [2.45, 2.75) is 53.5 Å². The minimum Gasteiger partial charge on any atom is -0.310 e. The highest BCUT2D eigenvalue weighted by Gasteiger charge is 2.15. The fourth-order valence-corrected chi connectivity index (χ4v) is 2.75. The molecule has 1 aromatic carbocycles. The predicted molar refractivity (Wildman–Crippen MR) is 84.1 cm³/mol. The minimum absolute atomic E-state index is 0.483. The second-order valence-electron chi connectivity index (χ2n) is 5.59. The summed E-state index contributed by atoms with van der Waals surface area (Å²) in [6, 6.07) is 5.05. The zero-order chi connectivity index (χ0) is 13.7. The maximum absolute atomic E-state index is 3.69. The number of halogens is 1. The lowest BCUT2D eigenvalue weighted by Crippen LogP contribution is -2.24. The Kier molecular flexibility index (Phi) is 6.37. The summed E-state index contributed by atoms with van der Waals surface area (Å²) in [5.74, 6) is 0.711. The molecule has 0 aliphatic carbocycles. The molecule has 1 nitrogen and oxygen atoms in total. The van der Waals surface area contributed by atoms with Crippen LogP contribution in [-0.4, -0.2) is 6.54 Å². The van der Waals surface area contributed by atoms with Gasteiger partial charge in [-0.1, -0.05) is 42.8 Å². The molecule has 0 heterocycles. The van der Waals surface area contributed by atoms with Gasteiger partial charge in [0.05, 0.1) is 0 Å². The topological polar surface area (TPSA) is 12.0 Å². The molecule has 1 unspecified atom stereocenters. The van der Waals surface area contributed by atoms with E-state index in [4.69, 9.17) is 0 Å². The standard InChI is InChI=1S/C16H26BrN/c1-6-7-18-16(8-11(2)3)14-9-13(5)15(17)10-12(14)4/h9-11,16,18H,6-8H2,1-5H3. The lowest BCUT2D eigenvalue weighted by atomic mass is 9.92. The number of hydrogen-bond acceptors (Lipinski definition) is 1. The minimum atomic E-state index is 0.483. The van der Waals surface area contributed by atoms with Crippen LogP contribution in [0.1, 0.15) is 56.3 Å². The Morgan fingerprint density at radius 1 is 1.17 bits per heavy atom. The monoisotopic (exact) mass is 311 g/mol. The number of aryl methyl sites for hydroxylation is 2. The lowest BCUT2D eigenvalue weighted by Gasteiger charge is -2.23. The van der Waals surface area contributed by atoms with Crippen LogP contribution in [0.4, 0.5) is 0 Å². The Balaban J connectivity index is 2.99. The average Bonchev–Trinajstić information content (AvgIpc) is 2.29. The van der Waals surface area contributed by atoms with Crippen LogP contribution in [0.25, 0.3) is 0 Å². The maximum Gasteiger partial charge on any atom is 0.0325 e. The van der Waals surface area contributed by atoms with Crippen molar-refractivity contribution in [3.05, 3.63) is 33.3 Å². The molecule has 2 heteroatoms. The summed E-state index contributed by atoms with van der Waals surface area (Å²) in [4.78, 5) is 0. The van der Waals surface area contributed by atoms with Gasteiger partial charge >= 0.3 is 0 Å². The van der Waals surface area contributed by atoms with Crippen LogP contribution in [0.3, 0.4) is 0 Å². The maximum atomic E-state index is 3.69. The van der Waals surface area contributed by atoms with Crippen molar-refractivity contribution in [3.8, 4) is 0 Å². The van der Waals surface area contributed by atoms with Gasteiger partial charge in [0, 0.05) is 10.5 Å². The predicted octanol–water partition coefficient (Wildman–Crippen LogP) is 5.15. The molecule has 18 heavy (non-hydrogen) atoms. The fraction of sp³-hybridized carbons (Fsp3) is 0.625. The van der Waals surface area contributed by atoms with Gasteiger partial charge in [0.1, 0.15) is 0 Å². The van der Waals surface area contributed by atoms with E-state index in [2.05, 4.69) is 68.0 Å². The number of benzene rings is 1. The van der Waals surface area contributed by atoms with Crippen molar-refractivity contribution in [2.24, 2.45) is 5.92 Å². The van der Waals surface area contributed by atoms with Crippen LogP contribution < -0.4 is 5.32 Å². The molecule has 0 saturated heterocycles. The Labute approximate surface area is 120 Å². The highest BCUT2D eigenvalue weighted by atomic mass is 79.9. The van der Waals surface area contributed by atoms with E-state index >= 15 is 0 Å². The summed E-state index contributed by atoms with van der Waals surface area (Å²) in [6.45, 7) is 12.3. The third kappa shape index (κ3) is 4.40. The molecular weight excluding hydrogens is 286 g/mol. The van der Waals surface area contributed by atoms with Gasteiger partial charge in [-0.15, -0.1) is 0 Å². The summed E-state index contributed by atoms with van der Waals surface area (Å²) in [6.07, 6.45) is 2.38. The Hall–Kier alpha value is -0.340. The summed E-state index contributed by atoms with van der Waals surface area (Å²) < 4.78 is 1.21. The van der Waals surface area contributed by atoms with Gasteiger partial charge in [-0.25, -0.2) is 0 Å². The first-order valence-corrected chi connectivity index (χ1v) is 7.75. The molecule has 0 aromatic heterocycles. The summed E-state index contributed by atoms with van der Waals surface area (Å²) in [5, 5.41) is 3.69. The van der Waals surface area contributed by atoms with Gasteiger partial charge in [0.25, 0.3) is 0 Å². The Bertz CT molecular complexity index is 385. The van der Waals surface area contributed by atoms with E-state index in [1.807, 2.05) is 0 Å². The molecule has 0 radical (unpaired) electrons. The van der Waals surface area contributed by atoms with E-state index in [0.717, 1.165) is 6.54 Å². The first-order chi connectivity index (χ1) is 8.45. The van der Waals surface area contributed by atoms with Crippen LogP contribution in [-0.2, 0) is 0 Å². The smallest absolute Gasteiger partial charge is 0.0325 e. The van der Waals surface area contributed by atoms with Crippen LogP contribution in [0.5, 0.6) is 0 Å². The van der Waals surface area contributed by atoms with Gasteiger partial charge < -0.3 is 5.32 Å². The molecule has 0 amide bonds. The van der Waals surface area contributed by atoms with Gasteiger partial charge in [-0.2, -0.15) is 0 Å². The SMILES string of the molecule is CCCNC(CC(C)C)c1cc(C)c(Br)cc1C. The van der Waals surface area contributed by atoms with Gasteiger partial charge in [0.2, 0.25) is 0 Å². The lowest BCUT2D eigenvalue weighted by molar-refractivity contribution is 0.429. The molecule has 0 saturated carbocycles. The number of hydrogen-bond donors (Lipinski definition) is 1.